The van der Waals surface area contributed by atoms with E-state index in [0.717, 1.165) is 0 Å². The molecule has 0 fully saturated rings. The number of pyridine rings is 1. The Morgan fingerprint density at radius 3 is 2.41 bits per heavy atom. The Balaban J connectivity index is 2.32. The highest BCUT2D eigenvalue weighted by molar-refractivity contribution is 5.94. The summed E-state index contributed by atoms with van der Waals surface area (Å²) in [5.74, 6) is -0.0180. The number of amides is 1. The van der Waals surface area contributed by atoms with Gasteiger partial charge in [0.25, 0.3) is 5.91 Å². The molecule has 116 valence electrons. The van der Waals surface area contributed by atoms with Crippen LogP contribution in [-0.4, -0.2) is 38.8 Å². The van der Waals surface area contributed by atoms with Crippen molar-refractivity contribution in [1.82, 2.24) is 19.9 Å². The Hall–Kier alpha value is -2.34. The Morgan fingerprint density at radius 2 is 1.86 bits per heavy atom. The molecule has 2 heterocycles. The maximum atomic E-state index is 12.3. The highest BCUT2D eigenvalue weighted by Gasteiger charge is 2.15. The summed E-state index contributed by atoms with van der Waals surface area (Å²) in [4.78, 5) is 27.0. The van der Waals surface area contributed by atoms with Crippen LogP contribution < -0.4 is 5.73 Å². The maximum Gasteiger partial charge on any atom is 0.255 e. The average molecular weight is 299 g/mol. The van der Waals surface area contributed by atoms with Crippen molar-refractivity contribution in [3.8, 4) is 11.4 Å². The van der Waals surface area contributed by atoms with E-state index in [0.29, 0.717) is 35.7 Å². The molecule has 2 aromatic heterocycles. The van der Waals surface area contributed by atoms with E-state index >= 15 is 0 Å². The van der Waals surface area contributed by atoms with Crippen LogP contribution in [0.2, 0.25) is 0 Å². The quantitative estimate of drug-likeness (QED) is 0.913. The van der Waals surface area contributed by atoms with Gasteiger partial charge in [0.2, 0.25) is 0 Å². The van der Waals surface area contributed by atoms with Gasteiger partial charge in [-0.15, -0.1) is 0 Å². The molecule has 2 aromatic rings. The van der Waals surface area contributed by atoms with Gasteiger partial charge in [-0.25, -0.2) is 0 Å². The lowest BCUT2D eigenvalue weighted by atomic mass is 10.1. The molecule has 6 nitrogen and oxygen atoms in total. The van der Waals surface area contributed by atoms with E-state index in [1.165, 1.54) is 0 Å². The van der Waals surface area contributed by atoms with Crippen LogP contribution in [0.1, 0.15) is 42.9 Å². The Morgan fingerprint density at radius 1 is 1.18 bits per heavy atom. The second-order valence-corrected chi connectivity index (χ2v) is 4.99. The summed E-state index contributed by atoms with van der Waals surface area (Å²) in [6.45, 7) is 7.12. The molecular weight excluding hydrogens is 278 g/mol. The van der Waals surface area contributed by atoms with Gasteiger partial charge in [-0.2, -0.15) is 0 Å². The molecular formula is C16H21N5O. The van der Waals surface area contributed by atoms with Crippen molar-refractivity contribution < 1.29 is 4.79 Å². The van der Waals surface area contributed by atoms with Gasteiger partial charge < -0.3 is 10.6 Å². The molecule has 22 heavy (non-hydrogen) atoms. The maximum absolute atomic E-state index is 12.3. The van der Waals surface area contributed by atoms with Gasteiger partial charge in [-0.3, -0.25) is 19.7 Å². The van der Waals surface area contributed by atoms with E-state index < -0.39 is 0 Å². The lowest BCUT2D eigenvalue weighted by molar-refractivity contribution is 0.0772. The number of nitrogens with two attached hydrogens (primary N) is 1. The van der Waals surface area contributed by atoms with Crippen LogP contribution in [0.3, 0.4) is 0 Å². The van der Waals surface area contributed by atoms with Gasteiger partial charge >= 0.3 is 0 Å². The molecule has 0 aliphatic carbocycles. The third kappa shape index (κ3) is 3.28. The lowest BCUT2D eigenvalue weighted by Gasteiger charge is -2.18. The number of carbonyl (C=O) groups is 1. The molecule has 6 heteroatoms. The van der Waals surface area contributed by atoms with E-state index in [1.807, 2.05) is 20.8 Å². The fourth-order valence-electron chi connectivity index (χ4n) is 2.23. The molecule has 0 aromatic carbocycles. The fourth-order valence-corrected chi connectivity index (χ4v) is 2.23. The first-order valence-electron chi connectivity index (χ1n) is 7.40. The predicted octanol–water partition coefficient (Wildman–Crippen LogP) is 2.04. The van der Waals surface area contributed by atoms with E-state index in [1.54, 1.807) is 35.6 Å². The Bertz CT molecular complexity index is 635. The van der Waals surface area contributed by atoms with Crippen LogP contribution in [0.4, 0.5) is 0 Å². The average Bonchev–Trinajstić information content (AvgIpc) is 2.56. The van der Waals surface area contributed by atoms with Crippen molar-refractivity contribution >= 4 is 5.91 Å². The smallest absolute Gasteiger partial charge is 0.255 e. The summed E-state index contributed by atoms with van der Waals surface area (Å²) in [7, 11) is 0. The van der Waals surface area contributed by atoms with Crippen molar-refractivity contribution in [1.29, 1.82) is 0 Å². The van der Waals surface area contributed by atoms with Crippen molar-refractivity contribution in [2.45, 2.75) is 26.8 Å². The lowest BCUT2D eigenvalue weighted by Crippen LogP contribution is -2.30. The summed E-state index contributed by atoms with van der Waals surface area (Å²) in [5.41, 5.74) is 8.49. The van der Waals surface area contributed by atoms with E-state index in [9.17, 15) is 4.79 Å². The summed E-state index contributed by atoms with van der Waals surface area (Å²) >= 11 is 0. The molecule has 1 amide bonds. The molecule has 0 saturated carbocycles. The first kappa shape index (κ1) is 16.0. The Kier molecular flexibility index (Phi) is 5.16. The zero-order chi connectivity index (χ0) is 16.1. The topological polar surface area (TPSA) is 85.0 Å². The molecule has 1 atom stereocenters. The zero-order valence-electron chi connectivity index (χ0n) is 13.2. The minimum atomic E-state index is -0.234. The van der Waals surface area contributed by atoms with Crippen LogP contribution >= 0.6 is 0 Å². The molecule has 1 unspecified atom stereocenters. The summed E-state index contributed by atoms with van der Waals surface area (Å²) < 4.78 is 0. The molecule has 2 N–H and O–H groups in total. The number of rotatable bonds is 5. The number of aromatic nitrogens is 3. The third-order valence-electron chi connectivity index (χ3n) is 3.46. The van der Waals surface area contributed by atoms with Gasteiger partial charge in [-0.05, 0) is 32.9 Å². The van der Waals surface area contributed by atoms with Gasteiger partial charge in [0.05, 0.1) is 17.0 Å². The van der Waals surface area contributed by atoms with Gasteiger partial charge in [-0.1, -0.05) is 0 Å². The highest BCUT2D eigenvalue weighted by Crippen LogP contribution is 2.21. The van der Waals surface area contributed by atoms with Gasteiger partial charge in [0.1, 0.15) is 5.69 Å². The van der Waals surface area contributed by atoms with Crippen LogP contribution in [0.25, 0.3) is 11.4 Å². The van der Waals surface area contributed by atoms with E-state index in [-0.39, 0.29) is 11.9 Å². The molecule has 0 spiro atoms. The molecule has 0 radical (unpaired) electrons. The van der Waals surface area contributed by atoms with Crippen molar-refractivity contribution in [3.05, 3.63) is 42.0 Å². The summed E-state index contributed by atoms with van der Waals surface area (Å²) in [6, 6.07) is 3.32. The van der Waals surface area contributed by atoms with Crippen LogP contribution in [0.5, 0.6) is 0 Å². The van der Waals surface area contributed by atoms with Crippen LogP contribution in [-0.2, 0) is 0 Å². The summed E-state index contributed by atoms with van der Waals surface area (Å²) in [6.07, 6.45) is 4.80. The highest BCUT2D eigenvalue weighted by atomic mass is 16.2. The zero-order valence-corrected chi connectivity index (χ0v) is 13.2. The van der Waals surface area contributed by atoms with Crippen molar-refractivity contribution in [2.24, 2.45) is 5.73 Å². The summed E-state index contributed by atoms with van der Waals surface area (Å²) in [5, 5.41) is 0. The largest absolute Gasteiger partial charge is 0.339 e. The van der Waals surface area contributed by atoms with Crippen LogP contribution in [0.15, 0.2) is 30.7 Å². The molecule has 0 saturated heterocycles. The van der Waals surface area contributed by atoms with Crippen LogP contribution in [0, 0.1) is 0 Å². The van der Waals surface area contributed by atoms with Gasteiger partial charge in [0, 0.05) is 37.7 Å². The second-order valence-electron chi connectivity index (χ2n) is 4.99. The van der Waals surface area contributed by atoms with Gasteiger partial charge in [0.15, 0.2) is 0 Å². The number of nitrogens with zero attached hydrogens (tertiary/aromatic N) is 4. The monoisotopic (exact) mass is 299 g/mol. The molecule has 0 bridgehead atoms. The fraction of sp³-hybridized carbons (Fsp3) is 0.375. The second kappa shape index (κ2) is 7.09. The van der Waals surface area contributed by atoms with E-state index in [2.05, 4.69) is 15.0 Å². The minimum absolute atomic E-state index is 0.0180. The van der Waals surface area contributed by atoms with Crippen molar-refractivity contribution in [2.75, 3.05) is 13.1 Å². The number of hydrogen-bond donors (Lipinski definition) is 1. The first-order chi connectivity index (χ1) is 10.6. The Labute approximate surface area is 130 Å². The predicted molar refractivity (Wildman–Crippen MR) is 85.1 cm³/mol. The molecule has 0 aliphatic rings. The minimum Gasteiger partial charge on any atom is -0.339 e. The number of carbonyl (C=O) groups excluding carboxylic acids is 1. The number of hydrogen-bond acceptors (Lipinski definition) is 5. The molecule has 2 rings (SSSR count). The SMILES string of the molecule is CCN(CC)C(=O)c1ccc(-c2nccnc2C(C)N)nc1. The standard InChI is InChI=1S/C16H21N5O/c1-4-21(5-2)16(22)12-6-7-13(20-10-12)15-14(11(3)17)18-8-9-19-15/h6-11H,4-5,17H2,1-3H3. The first-order valence-corrected chi connectivity index (χ1v) is 7.40. The molecule has 0 aliphatic heterocycles. The van der Waals surface area contributed by atoms with E-state index in [4.69, 9.17) is 5.73 Å². The van der Waals surface area contributed by atoms with Crippen molar-refractivity contribution in [3.63, 3.8) is 0 Å². The normalized spacial score (nSPS) is 12.0. The third-order valence-corrected chi connectivity index (χ3v) is 3.46.